The first-order chi connectivity index (χ1) is 6.65. The van der Waals surface area contributed by atoms with Crippen molar-refractivity contribution < 1.29 is 0 Å². The first-order valence-corrected chi connectivity index (χ1v) is 6.05. The van der Waals surface area contributed by atoms with Gasteiger partial charge in [-0.05, 0) is 25.7 Å². The number of thioether (sulfide) groups is 1. The standard InChI is InChI=1S/C11H16ClNS/c1-5-7-10(12)8-11(13-6-2)9(3)14-4/h6-8H,3,5H2,1-2,4H3/b10-7+,11-8+,13-6+. The molecule has 0 spiro atoms. The molecular formula is C11H16ClNS. The van der Waals surface area contributed by atoms with E-state index in [2.05, 4.69) is 11.6 Å². The Morgan fingerprint density at radius 1 is 1.57 bits per heavy atom. The maximum absolute atomic E-state index is 5.97. The lowest BCUT2D eigenvalue weighted by molar-refractivity contribution is 1.22. The van der Waals surface area contributed by atoms with Crippen LogP contribution in [0, 0.1) is 0 Å². The van der Waals surface area contributed by atoms with Crippen molar-refractivity contribution in [1.29, 1.82) is 0 Å². The van der Waals surface area contributed by atoms with Gasteiger partial charge in [0.25, 0.3) is 0 Å². The monoisotopic (exact) mass is 229 g/mol. The molecule has 0 atom stereocenters. The van der Waals surface area contributed by atoms with Crippen LogP contribution in [0.4, 0.5) is 0 Å². The number of halogens is 1. The zero-order chi connectivity index (χ0) is 11.0. The summed E-state index contributed by atoms with van der Waals surface area (Å²) >= 11 is 7.54. The number of nitrogens with zero attached hydrogens (tertiary/aromatic N) is 1. The van der Waals surface area contributed by atoms with Crippen molar-refractivity contribution in [3.05, 3.63) is 34.4 Å². The van der Waals surface area contributed by atoms with Crippen LogP contribution in [0.25, 0.3) is 0 Å². The third kappa shape index (κ3) is 5.30. The Kier molecular flexibility index (Phi) is 7.63. The van der Waals surface area contributed by atoms with Crippen molar-refractivity contribution in [1.82, 2.24) is 0 Å². The molecule has 0 aliphatic carbocycles. The third-order valence-electron chi connectivity index (χ3n) is 1.47. The van der Waals surface area contributed by atoms with Gasteiger partial charge in [-0.3, -0.25) is 4.99 Å². The third-order valence-corrected chi connectivity index (χ3v) is 2.44. The summed E-state index contributed by atoms with van der Waals surface area (Å²) in [6, 6.07) is 0. The molecule has 0 radical (unpaired) electrons. The van der Waals surface area contributed by atoms with Crippen LogP contribution < -0.4 is 0 Å². The predicted octanol–water partition coefficient (Wildman–Crippen LogP) is 4.37. The van der Waals surface area contributed by atoms with Gasteiger partial charge in [-0.25, -0.2) is 0 Å². The van der Waals surface area contributed by atoms with E-state index in [9.17, 15) is 0 Å². The van der Waals surface area contributed by atoms with Gasteiger partial charge < -0.3 is 0 Å². The molecule has 0 aromatic heterocycles. The van der Waals surface area contributed by atoms with Crippen LogP contribution in [0.1, 0.15) is 20.3 Å². The molecular weight excluding hydrogens is 214 g/mol. The number of hydrogen-bond donors (Lipinski definition) is 0. The molecule has 0 bridgehead atoms. The van der Waals surface area contributed by atoms with Gasteiger partial charge in [0, 0.05) is 16.2 Å². The van der Waals surface area contributed by atoms with Gasteiger partial charge in [0.2, 0.25) is 0 Å². The lowest BCUT2D eigenvalue weighted by Gasteiger charge is -2.01. The second-order valence-electron chi connectivity index (χ2n) is 2.54. The van der Waals surface area contributed by atoms with E-state index in [1.54, 1.807) is 18.0 Å². The Morgan fingerprint density at radius 3 is 2.64 bits per heavy atom. The highest BCUT2D eigenvalue weighted by Gasteiger charge is 1.99. The molecule has 0 aromatic rings. The van der Waals surface area contributed by atoms with Gasteiger partial charge in [-0.2, -0.15) is 0 Å². The van der Waals surface area contributed by atoms with Crippen molar-refractivity contribution in [2.45, 2.75) is 20.3 Å². The minimum atomic E-state index is 0.711. The molecule has 0 N–H and O–H groups in total. The fraction of sp³-hybridized carbons (Fsp3) is 0.364. The van der Waals surface area contributed by atoms with E-state index in [-0.39, 0.29) is 0 Å². The molecule has 0 aliphatic heterocycles. The number of aliphatic imine (C=N–C) groups is 1. The van der Waals surface area contributed by atoms with E-state index in [1.165, 1.54) is 0 Å². The van der Waals surface area contributed by atoms with Crippen LogP contribution in [0.2, 0.25) is 0 Å². The lowest BCUT2D eigenvalue weighted by Crippen LogP contribution is -1.81. The molecule has 0 heterocycles. The highest BCUT2D eigenvalue weighted by molar-refractivity contribution is 8.02. The van der Waals surface area contributed by atoms with Crippen LogP contribution in [0.15, 0.2) is 39.4 Å². The summed E-state index contributed by atoms with van der Waals surface area (Å²) in [6.07, 6.45) is 8.41. The molecule has 0 saturated heterocycles. The predicted molar refractivity (Wildman–Crippen MR) is 69.1 cm³/mol. The highest BCUT2D eigenvalue weighted by Crippen LogP contribution is 2.22. The Morgan fingerprint density at radius 2 is 2.21 bits per heavy atom. The Labute approximate surface area is 95.6 Å². The maximum Gasteiger partial charge on any atom is 0.0769 e. The van der Waals surface area contributed by atoms with E-state index in [1.807, 2.05) is 32.3 Å². The van der Waals surface area contributed by atoms with Gasteiger partial charge in [0.05, 0.1) is 5.70 Å². The summed E-state index contributed by atoms with van der Waals surface area (Å²) in [4.78, 5) is 5.13. The normalized spacial score (nSPS) is 13.7. The average Bonchev–Trinajstić information content (AvgIpc) is 2.16. The van der Waals surface area contributed by atoms with Gasteiger partial charge in [-0.15, -0.1) is 11.8 Å². The zero-order valence-electron chi connectivity index (χ0n) is 8.88. The van der Waals surface area contributed by atoms with Crippen LogP contribution in [-0.4, -0.2) is 12.5 Å². The largest absolute Gasteiger partial charge is 0.260 e. The zero-order valence-corrected chi connectivity index (χ0v) is 10.5. The van der Waals surface area contributed by atoms with Crippen molar-refractivity contribution in [2.75, 3.05) is 6.26 Å². The number of rotatable bonds is 5. The van der Waals surface area contributed by atoms with Gasteiger partial charge in [0.15, 0.2) is 0 Å². The summed E-state index contributed by atoms with van der Waals surface area (Å²) in [6.45, 7) is 7.82. The highest BCUT2D eigenvalue weighted by atomic mass is 35.5. The van der Waals surface area contributed by atoms with Crippen LogP contribution in [-0.2, 0) is 0 Å². The number of hydrogen-bond acceptors (Lipinski definition) is 2. The van der Waals surface area contributed by atoms with Crippen molar-refractivity contribution in [3.63, 3.8) is 0 Å². The molecule has 0 unspecified atom stereocenters. The van der Waals surface area contributed by atoms with Gasteiger partial charge >= 0.3 is 0 Å². The molecule has 0 aromatic carbocycles. The first-order valence-electron chi connectivity index (χ1n) is 4.45. The molecule has 0 fully saturated rings. The van der Waals surface area contributed by atoms with E-state index in [0.717, 1.165) is 17.0 Å². The Hall–Kier alpha value is -0.470. The molecule has 78 valence electrons. The summed E-state index contributed by atoms with van der Waals surface area (Å²) < 4.78 is 0. The molecule has 0 amide bonds. The molecule has 0 rings (SSSR count). The summed E-state index contributed by atoms with van der Waals surface area (Å²) in [7, 11) is 0. The van der Waals surface area contributed by atoms with Gasteiger partial charge in [0.1, 0.15) is 0 Å². The Bertz CT molecular complexity index is 277. The minimum Gasteiger partial charge on any atom is -0.260 e. The quantitative estimate of drug-likeness (QED) is 0.504. The second-order valence-corrected chi connectivity index (χ2v) is 3.88. The van der Waals surface area contributed by atoms with Crippen LogP contribution in [0.5, 0.6) is 0 Å². The minimum absolute atomic E-state index is 0.711. The fourth-order valence-electron chi connectivity index (χ4n) is 0.818. The van der Waals surface area contributed by atoms with Crippen LogP contribution in [0.3, 0.4) is 0 Å². The van der Waals surface area contributed by atoms with E-state index in [0.29, 0.717) is 5.03 Å². The Balaban J connectivity index is 4.81. The second kappa shape index (κ2) is 7.89. The topological polar surface area (TPSA) is 12.4 Å². The first kappa shape index (κ1) is 13.5. The average molecular weight is 230 g/mol. The fourth-order valence-corrected chi connectivity index (χ4v) is 1.40. The lowest BCUT2D eigenvalue weighted by atomic mass is 10.3. The molecule has 14 heavy (non-hydrogen) atoms. The van der Waals surface area contributed by atoms with Crippen molar-refractivity contribution in [3.8, 4) is 0 Å². The summed E-state index contributed by atoms with van der Waals surface area (Å²) in [5.74, 6) is 0. The van der Waals surface area contributed by atoms with E-state index in [4.69, 9.17) is 11.6 Å². The molecule has 0 aliphatic rings. The summed E-state index contributed by atoms with van der Waals surface area (Å²) in [5.41, 5.74) is 0.828. The molecule has 1 nitrogen and oxygen atoms in total. The van der Waals surface area contributed by atoms with Crippen molar-refractivity contribution >= 4 is 29.6 Å². The van der Waals surface area contributed by atoms with E-state index < -0.39 is 0 Å². The SMILES string of the molecule is C=C(SC)C(=C\C(Cl)=C/CC)/N=C/C. The molecule has 0 saturated carbocycles. The van der Waals surface area contributed by atoms with Crippen LogP contribution >= 0.6 is 23.4 Å². The van der Waals surface area contributed by atoms with E-state index >= 15 is 0 Å². The summed E-state index contributed by atoms with van der Waals surface area (Å²) in [5, 5.41) is 0.711. The molecule has 3 heteroatoms. The number of allylic oxidation sites excluding steroid dienone is 3. The van der Waals surface area contributed by atoms with Crippen molar-refractivity contribution in [2.24, 2.45) is 4.99 Å². The van der Waals surface area contributed by atoms with Gasteiger partial charge in [-0.1, -0.05) is 31.2 Å². The maximum atomic E-state index is 5.97. The smallest absolute Gasteiger partial charge is 0.0769 e.